The van der Waals surface area contributed by atoms with Crippen LogP contribution in [0.4, 0.5) is 4.79 Å². The number of piperidine rings is 1. The third-order valence-electron chi connectivity index (χ3n) is 6.76. The largest absolute Gasteiger partial charge is 0.497 e. The number of nitrogens with zero attached hydrogens (tertiary/aromatic N) is 1. The van der Waals surface area contributed by atoms with E-state index in [0.717, 1.165) is 76.7 Å². The van der Waals surface area contributed by atoms with Crippen molar-refractivity contribution >= 4 is 28.8 Å². The lowest BCUT2D eigenvalue weighted by Gasteiger charge is -2.24. The predicted octanol–water partition coefficient (Wildman–Crippen LogP) is 6.97. The fourth-order valence-corrected chi connectivity index (χ4v) is 4.56. The van der Waals surface area contributed by atoms with E-state index in [4.69, 9.17) is 25.1 Å². The molecule has 5 rings (SSSR count). The second-order valence-corrected chi connectivity index (χ2v) is 9.49. The maximum absolute atomic E-state index is 10.7. The van der Waals surface area contributed by atoms with E-state index in [-0.39, 0.29) is 6.03 Å². The lowest BCUT2D eigenvalue weighted by molar-refractivity contribution is -0.131. The number of amides is 2. The lowest BCUT2D eigenvalue weighted by Crippen LogP contribution is -2.39. The molecular formula is C33H34N2O6. The van der Waals surface area contributed by atoms with E-state index in [1.54, 1.807) is 25.2 Å². The van der Waals surface area contributed by atoms with Crippen LogP contribution in [0.3, 0.4) is 0 Å². The molecule has 3 N–H and O–H groups in total. The molecule has 0 bridgehead atoms. The third-order valence-corrected chi connectivity index (χ3v) is 6.76. The summed E-state index contributed by atoms with van der Waals surface area (Å²) in [6.07, 6.45) is 6.12. The first-order chi connectivity index (χ1) is 19.9. The molecule has 8 nitrogen and oxygen atoms in total. The van der Waals surface area contributed by atoms with Crippen molar-refractivity contribution in [2.24, 2.45) is 5.73 Å². The van der Waals surface area contributed by atoms with Gasteiger partial charge < -0.3 is 30.0 Å². The first-order valence-corrected chi connectivity index (χ1v) is 13.4. The molecule has 1 aliphatic rings. The summed E-state index contributed by atoms with van der Waals surface area (Å²) < 4.78 is 17.0. The van der Waals surface area contributed by atoms with Gasteiger partial charge in [0.2, 0.25) is 0 Å². The number of rotatable bonds is 7. The minimum atomic E-state index is -0.986. The Morgan fingerprint density at radius 1 is 0.805 bits per heavy atom. The minimum Gasteiger partial charge on any atom is -0.497 e. The molecule has 1 saturated heterocycles. The van der Waals surface area contributed by atoms with Gasteiger partial charge in [-0.05, 0) is 90.4 Å². The molecule has 0 saturated carbocycles. The number of hydrogen-bond acceptors (Lipinski definition) is 5. The van der Waals surface area contributed by atoms with Crippen molar-refractivity contribution in [2.75, 3.05) is 27.3 Å². The average Bonchev–Trinajstić information content (AvgIpc) is 3.01. The van der Waals surface area contributed by atoms with Crippen LogP contribution in [-0.2, 0) is 4.79 Å². The number of primary amides is 1. The van der Waals surface area contributed by atoms with Gasteiger partial charge in [0.15, 0.2) is 0 Å². The van der Waals surface area contributed by atoms with Gasteiger partial charge in [0.05, 0.1) is 14.2 Å². The molecule has 0 radical (unpaired) electrons. The molecular weight excluding hydrogens is 520 g/mol. The van der Waals surface area contributed by atoms with Gasteiger partial charge >= 0.3 is 12.0 Å². The molecule has 2 amide bonds. The van der Waals surface area contributed by atoms with E-state index in [1.807, 2.05) is 78.9 Å². The molecule has 1 heterocycles. The highest BCUT2D eigenvalue weighted by atomic mass is 16.5. The summed E-state index contributed by atoms with van der Waals surface area (Å²) in [4.78, 5) is 22.9. The van der Waals surface area contributed by atoms with Crippen molar-refractivity contribution in [1.29, 1.82) is 0 Å². The van der Waals surface area contributed by atoms with Crippen LogP contribution in [0.2, 0.25) is 0 Å². The fraction of sp³-hybridized carbons (Fsp3) is 0.212. The first kappa shape index (κ1) is 29.0. The Hall–Kier alpha value is -4.98. The number of carbonyl (C=O) groups excluding carboxylic acids is 1. The summed E-state index contributed by atoms with van der Waals surface area (Å²) in [5.41, 5.74) is 7.77. The summed E-state index contributed by atoms with van der Waals surface area (Å²) in [5.74, 6) is 1.95. The first-order valence-electron chi connectivity index (χ1n) is 13.4. The highest BCUT2D eigenvalue weighted by Gasteiger charge is 2.14. The number of carboxylic acid groups (broad SMARTS) is 1. The van der Waals surface area contributed by atoms with Gasteiger partial charge in [-0.3, -0.25) is 0 Å². The van der Waals surface area contributed by atoms with Crippen LogP contribution in [0.15, 0.2) is 84.9 Å². The van der Waals surface area contributed by atoms with Crippen molar-refractivity contribution in [3.8, 4) is 34.1 Å². The van der Waals surface area contributed by atoms with Gasteiger partial charge in [-0.2, -0.15) is 0 Å². The Bertz CT molecular complexity index is 1510. The molecule has 0 atom stereocenters. The smallest absolute Gasteiger partial charge is 0.328 e. The number of ether oxygens (including phenoxy) is 3. The van der Waals surface area contributed by atoms with Gasteiger partial charge in [0.25, 0.3) is 0 Å². The number of urea groups is 1. The van der Waals surface area contributed by atoms with Gasteiger partial charge in [-0.1, -0.05) is 30.3 Å². The van der Waals surface area contributed by atoms with E-state index in [9.17, 15) is 9.59 Å². The van der Waals surface area contributed by atoms with Gasteiger partial charge in [-0.15, -0.1) is 0 Å². The van der Waals surface area contributed by atoms with Gasteiger partial charge in [-0.25, -0.2) is 9.59 Å². The van der Waals surface area contributed by atoms with Crippen LogP contribution in [0, 0.1) is 0 Å². The van der Waals surface area contributed by atoms with Crippen molar-refractivity contribution in [3.05, 3.63) is 90.5 Å². The van der Waals surface area contributed by atoms with Crippen LogP contribution in [-0.4, -0.2) is 49.3 Å². The number of benzene rings is 4. The minimum absolute atomic E-state index is 0.269. The Kier molecular flexibility index (Phi) is 9.83. The Morgan fingerprint density at radius 2 is 1.44 bits per heavy atom. The second-order valence-electron chi connectivity index (χ2n) is 9.49. The Morgan fingerprint density at radius 3 is 2.02 bits per heavy atom. The number of likely N-dealkylation sites (tertiary alicyclic amines) is 1. The Balaban J connectivity index is 0.000000367. The normalized spacial score (nSPS) is 12.9. The zero-order chi connectivity index (χ0) is 29.2. The van der Waals surface area contributed by atoms with Crippen molar-refractivity contribution in [1.82, 2.24) is 4.90 Å². The summed E-state index contributed by atoms with van der Waals surface area (Å²) in [6, 6.07) is 24.8. The van der Waals surface area contributed by atoms with Crippen LogP contribution in [0.5, 0.6) is 23.0 Å². The number of hydrogen-bond donors (Lipinski definition) is 2. The molecule has 0 aromatic heterocycles. The summed E-state index contributed by atoms with van der Waals surface area (Å²) >= 11 is 0. The average molecular weight is 555 g/mol. The van der Waals surface area contributed by atoms with E-state index in [1.165, 1.54) is 6.42 Å². The molecule has 0 aliphatic carbocycles. The lowest BCUT2D eigenvalue weighted by atomic mass is 9.99. The van der Waals surface area contributed by atoms with Gasteiger partial charge in [0, 0.05) is 30.1 Å². The Labute approximate surface area is 239 Å². The number of fused-ring (bicyclic) bond motifs is 1. The van der Waals surface area contributed by atoms with Gasteiger partial charge in [0.1, 0.15) is 23.0 Å². The molecule has 1 aliphatic heterocycles. The predicted molar refractivity (Wildman–Crippen MR) is 161 cm³/mol. The van der Waals surface area contributed by atoms with Crippen LogP contribution in [0.25, 0.3) is 28.0 Å². The SMILES string of the molecule is COc1ccc(-c2ccc3cc(OC)ccc3c2Oc2ccc(C=CC(=O)O)cc2)cc1.NC(=O)N1CCCCC1. The number of methoxy groups -OCH3 is 2. The number of aliphatic carboxylic acids is 1. The molecule has 4 aromatic carbocycles. The van der Waals surface area contributed by atoms with Crippen LogP contribution in [0.1, 0.15) is 24.8 Å². The fourth-order valence-electron chi connectivity index (χ4n) is 4.56. The second kappa shape index (κ2) is 13.9. The van der Waals surface area contributed by atoms with E-state index in [2.05, 4.69) is 0 Å². The maximum Gasteiger partial charge on any atom is 0.328 e. The molecule has 212 valence electrons. The highest BCUT2D eigenvalue weighted by molar-refractivity contribution is 5.96. The van der Waals surface area contributed by atoms with Crippen molar-refractivity contribution in [3.63, 3.8) is 0 Å². The third kappa shape index (κ3) is 7.79. The maximum atomic E-state index is 10.7. The molecule has 0 spiro atoms. The zero-order valence-electron chi connectivity index (χ0n) is 23.2. The van der Waals surface area contributed by atoms with Crippen LogP contribution >= 0.6 is 0 Å². The van der Waals surface area contributed by atoms with Crippen LogP contribution < -0.4 is 19.9 Å². The van der Waals surface area contributed by atoms with E-state index < -0.39 is 5.97 Å². The summed E-state index contributed by atoms with van der Waals surface area (Å²) in [6.45, 7) is 1.71. The van der Waals surface area contributed by atoms with Crippen molar-refractivity contribution in [2.45, 2.75) is 19.3 Å². The number of nitrogens with two attached hydrogens (primary N) is 1. The van der Waals surface area contributed by atoms with E-state index >= 15 is 0 Å². The standard InChI is InChI=1S/C27H22O5.C6H12N2O/c1-30-21-11-6-19(7-12-21)24-14-8-20-17-23(31-2)13-15-25(20)27(24)32-22-9-3-18(4-10-22)5-16-26(28)29;7-6(9)8-4-2-1-3-5-8/h3-17H,1-2H3,(H,28,29);1-5H2,(H2,7,9). The molecule has 4 aromatic rings. The highest BCUT2D eigenvalue weighted by Crippen LogP contribution is 2.41. The molecule has 1 fully saturated rings. The number of carboxylic acids is 1. The quantitative estimate of drug-likeness (QED) is 0.239. The van der Waals surface area contributed by atoms with Crippen molar-refractivity contribution < 1.29 is 28.9 Å². The topological polar surface area (TPSA) is 111 Å². The zero-order valence-corrected chi connectivity index (χ0v) is 23.2. The summed E-state index contributed by atoms with van der Waals surface area (Å²) in [7, 11) is 3.28. The summed E-state index contributed by atoms with van der Waals surface area (Å²) in [5, 5.41) is 10.8. The molecule has 41 heavy (non-hydrogen) atoms. The molecule has 8 heteroatoms. The molecule has 0 unspecified atom stereocenters. The van der Waals surface area contributed by atoms with E-state index in [0.29, 0.717) is 5.75 Å². The monoisotopic (exact) mass is 554 g/mol. The number of carbonyl (C=O) groups is 2.